The Bertz CT molecular complexity index is 907. The number of benzene rings is 1. The average Bonchev–Trinajstić information content (AvgIpc) is 3.26. The smallest absolute Gasteiger partial charge is 0.217 e. The van der Waals surface area contributed by atoms with Crippen molar-refractivity contribution in [2.45, 2.75) is 32.5 Å². The Morgan fingerprint density at radius 2 is 2.26 bits per heavy atom. The Hall–Kier alpha value is -2.93. The van der Waals surface area contributed by atoms with E-state index in [0.717, 1.165) is 47.9 Å². The van der Waals surface area contributed by atoms with E-state index in [-0.39, 0.29) is 12.0 Å². The number of likely N-dealkylation sites (tertiary alicyclic amines) is 1. The van der Waals surface area contributed by atoms with Gasteiger partial charge in [0.1, 0.15) is 17.4 Å². The molecule has 0 radical (unpaired) electrons. The maximum absolute atomic E-state index is 11.0. The van der Waals surface area contributed by atoms with Crippen LogP contribution >= 0.6 is 0 Å². The number of para-hydroxylation sites is 2. The van der Waals surface area contributed by atoms with Gasteiger partial charge in [-0.25, -0.2) is 4.98 Å². The molecule has 0 bridgehead atoms. The quantitative estimate of drug-likeness (QED) is 0.722. The highest BCUT2D eigenvalue weighted by molar-refractivity contribution is 5.72. The normalized spacial score (nSPS) is 17.3. The summed E-state index contributed by atoms with van der Waals surface area (Å²) in [5.74, 6) is 1.44. The van der Waals surface area contributed by atoms with Crippen LogP contribution in [0.2, 0.25) is 0 Å². The summed E-state index contributed by atoms with van der Waals surface area (Å²) in [5, 5.41) is 2.75. The summed E-state index contributed by atoms with van der Waals surface area (Å²) in [6.07, 6.45) is 2.77. The lowest BCUT2D eigenvalue weighted by Crippen LogP contribution is -2.25. The van der Waals surface area contributed by atoms with Gasteiger partial charge in [0.25, 0.3) is 0 Å². The van der Waals surface area contributed by atoms with Crippen molar-refractivity contribution in [1.29, 1.82) is 0 Å². The summed E-state index contributed by atoms with van der Waals surface area (Å²) in [7, 11) is 0. The molecule has 1 aliphatic heterocycles. The van der Waals surface area contributed by atoms with Gasteiger partial charge in [-0.05, 0) is 24.6 Å². The van der Waals surface area contributed by atoms with E-state index in [1.807, 2.05) is 36.4 Å². The van der Waals surface area contributed by atoms with E-state index in [1.165, 1.54) is 6.92 Å². The van der Waals surface area contributed by atoms with E-state index in [2.05, 4.69) is 20.2 Å². The summed E-state index contributed by atoms with van der Waals surface area (Å²) >= 11 is 0. The standard InChI is InChI=1S/C20H22N4O3/c1-14(25)22-11-15-10-16(6-8-21-15)26-17-7-9-24(12-17)13-20-23-18-4-2-3-5-19(18)27-20/h2-6,8,10,17H,7,9,11-13H2,1H3,(H,22,25). The molecule has 0 saturated carbocycles. The highest BCUT2D eigenvalue weighted by atomic mass is 16.5. The first kappa shape index (κ1) is 17.5. The molecule has 3 heterocycles. The monoisotopic (exact) mass is 366 g/mol. The average molecular weight is 366 g/mol. The lowest BCUT2D eigenvalue weighted by Gasteiger charge is -2.16. The lowest BCUT2D eigenvalue weighted by molar-refractivity contribution is -0.119. The van der Waals surface area contributed by atoms with Crippen molar-refractivity contribution < 1.29 is 13.9 Å². The highest BCUT2D eigenvalue weighted by Gasteiger charge is 2.25. The zero-order valence-corrected chi connectivity index (χ0v) is 15.2. The molecule has 1 unspecified atom stereocenters. The molecule has 2 aromatic heterocycles. The number of pyridine rings is 1. The van der Waals surface area contributed by atoms with E-state index in [0.29, 0.717) is 13.1 Å². The first-order valence-corrected chi connectivity index (χ1v) is 9.08. The van der Waals surface area contributed by atoms with E-state index in [4.69, 9.17) is 9.15 Å². The fraction of sp³-hybridized carbons (Fsp3) is 0.350. The van der Waals surface area contributed by atoms with Gasteiger partial charge in [0, 0.05) is 32.3 Å². The number of rotatable bonds is 6. The van der Waals surface area contributed by atoms with Crippen molar-refractivity contribution in [1.82, 2.24) is 20.2 Å². The van der Waals surface area contributed by atoms with Crippen LogP contribution in [0.1, 0.15) is 24.9 Å². The third kappa shape index (κ3) is 4.43. The summed E-state index contributed by atoms with van der Waals surface area (Å²) < 4.78 is 11.9. The minimum Gasteiger partial charge on any atom is -0.489 e. The Morgan fingerprint density at radius 1 is 1.37 bits per heavy atom. The van der Waals surface area contributed by atoms with Crippen LogP contribution in [-0.2, 0) is 17.9 Å². The van der Waals surface area contributed by atoms with Gasteiger partial charge in [-0.3, -0.25) is 14.7 Å². The minimum absolute atomic E-state index is 0.0752. The summed E-state index contributed by atoms with van der Waals surface area (Å²) in [6.45, 7) is 4.33. The maximum Gasteiger partial charge on any atom is 0.217 e. The second kappa shape index (κ2) is 7.75. The predicted octanol–water partition coefficient (Wildman–Crippen LogP) is 2.51. The number of amides is 1. The number of nitrogens with zero attached hydrogens (tertiary/aromatic N) is 3. The number of carbonyl (C=O) groups excluding carboxylic acids is 1. The molecule has 1 amide bonds. The first-order chi connectivity index (χ1) is 13.2. The van der Waals surface area contributed by atoms with Gasteiger partial charge in [0.05, 0.1) is 18.8 Å². The zero-order valence-electron chi connectivity index (χ0n) is 15.2. The molecule has 140 valence electrons. The van der Waals surface area contributed by atoms with Crippen LogP contribution in [0.15, 0.2) is 47.0 Å². The van der Waals surface area contributed by atoms with Gasteiger partial charge in [0.2, 0.25) is 11.8 Å². The second-order valence-electron chi connectivity index (χ2n) is 6.73. The Labute approximate surface area is 157 Å². The van der Waals surface area contributed by atoms with Crippen molar-refractivity contribution in [3.05, 3.63) is 54.2 Å². The predicted molar refractivity (Wildman–Crippen MR) is 100 cm³/mol. The lowest BCUT2D eigenvalue weighted by atomic mass is 10.3. The van der Waals surface area contributed by atoms with Crippen LogP contribution < -0.4 is 10.1 Å². The first-order valence-electron chi connectivity index (χ1n) is 9.08. The fourth-order valence-electron chi connectivity index (χ4n) is 3.25. The molecule has 1 aliphatic rings. The second-order valence-corrected chi connectivity index (χ2v) is 6.73. The topological polar surface area (TPSA) is 80.5 Å². The summed E-state index contributed by atoms with van der Waals surface area (Å²) in [5.41, 5.74) is 2.50. The van der Waals surface area contributed by atoms with Gasteiger partial charge < -0.3 is 14.5 Å². The van der Waals surface area contributed by atoms with Gasteiger partial charge in [-0.2, -0.15) is 0 Å². The molecule has 1 saturated heterocycles. The van der Waals surface area contributed by atoms with Crippen LogP contribution in [0.4, 0.5) is 0 Å². The van der Waals surface area contributed by atoms with Crippen molar-refractivity contribution in [3.63, 3.8) is 0 Å². The number of ether oxygens (including phenoxy) is 1. The Balaban J connectivity index is 1.33. The molecule has 27 heavy (non-hydrogen) atoms. The molecule has 7 nitrogen and oxygen atoms in total. The Morgan fingerprint density at radius 3 is 3.11 bits per heavy atom. The molecule has 1 atom stereocenters. The van der Waals surface area contributed by atoms with Gasteiger partial charge in [-0.15, -0.1) is 0 Å². The number of oxazole rings is 1. The van der Waals surface area contributed by atoms with Crippen LogP contribution in [-0.4, -0.2) is 40.0 Å². The van der Waals surface area contributed by atoms with Crippen LogP contribution in [0, 0.1) is 0 Å². The third-order valence-corrected chi connectivity index (χ3v) is 4.54. The number of hydrogen-bond acceptors (Lipinski definition) is 6. The molecule has 3 aromatic rings. The fourth-order valence-corrected chi connectivity index (χ4v) is 3.25. The summed E-state index contributed by atoms with van der Waals surface area (Å²) in [4.78, 5) is 22.1. The molecule has 4 rings (SSSR count). The van der Waals surface area contributed by atoms with Crippen LogP contribution in [0.25, 0.3) is 11.1 Å². The molecule has 0 aliphatic carbocycles. The largest absolute Gasteiger partial charge is 0.489 e. The van der Waals surface area contributed by atoms with E-state index < -0.39 is 0 Å². The summed E-state index contributed by atoms with van der Waals surface area (Å²) in [6, 6.07) is 11.5. The Kier molecular flexibility index (Phi) is 5.02. The van der Waals surface area contributed by atoms with E-state index in [1.54, 1.807) is 6.20 Å². The molecule has 1 aromatic carbocycles. The minimum atomic E-state index is -0.0752. The van der Waals surface area contributed by atoms with Crippen molar-refractivity contribution in [2.24, 2.45) is 0 Å². The molecular formula is C20H22N4O3. The molecular weight excluding hydrogens is 344 g/mol. The van der Waals surface area contributed by atoms with Crippen molar-refractivity contribution >= 4 is 17.0 Å². The SMILES string of the molecule is CC(=O)NCc1cc(OC2CCN(Cc3nc4ccccc4o3)C2)ccn1. The van der Waals surface area contributed by atoms with Gasteiger partial charge >= 0.3 is 0 Å². The third-order valence-electron chi connectivity index (χ3n) is 4.54. The van der Waals surface area contributed by atoms with Crippen molar-refractivity contribution in [2.75, 3.05) is 13.1 Å². The van der Waals surface area contributed by atoms with E-state index in [9.17, 15) is 4.79 Å². The highest BCUT2D eigenvalue weighted by Crippen LogP contribution is 2.21. The number of carbonyl (C=O) groups is 1. The van der Waals surface area contributed by atoms with Gasteiger partial charge in [0.15, 0.2) is 5.58 Å². The number of nitrogens with one attached hydrogen (secondary N) is 1. The number of hydrogen-bond donors (Lipinski definition) is 1. The van der Waals surface area contributed by atoms with Crippen LogP contribution in [0.5, 0.6) is 5.75 Å². The van der Waals surface area contributed by atoms with Crippen molar-refractivity contribution in [3.8, 4) is 5.75 Å². The number of aromatic nitrogens is 2. The molecule has 7 heteroatoms. The maximum atomic E-state index is 11.0. The molecule has 1 fully saturated rings. The zero-order chi connectivity index (χ0) is 18.6. The van der Waals surface area contributed by atoms with Crippen LogP contribution in [0.3, 0.4) is 0 Å². The number of fused-ring (bicyclic) bond motifs is 1. The molecule has 0 spiro atoms. The van der Waals surface area contributed by atoms with E-state index >= 15 is 0 Å². The molecule has 1 N–H and O–H groups in total. The van der Waals surface area contributed by atoms with Gasteiger partial charge in [-0.1, -0.05) is 12.1 Å².